The summed E-state index contributed by atoms with van der Waals surface area (Å²) in [5, 5.41) is 73.1. The van der Waals surface area contributed by atoms with Crippen molar-refractivity contribution < 1.29 is 86.8 Å². The zero-order valence-corrected chi connectivity index (χ0v) is 68.1. The van der Waals surface area contributed by atoms with E-state index in [1.807, 2.05) is 75.4 Å². The third-order valence-corrected chi connectivity index (χ3v) is 16.8. The van der Waals surface area contributed by atoms with Gasteiger partial charge in [-0.05, 0) is 161 Å². The lowest BCUT2D eigenvalue weighted by Gasteiger charge is -2.13. The highest BCUT2D eigenvalue weighted by Gasteiger charge is 2.21. The van der Waals surface area contributed by atoms with Crippen molar-refractivity contribution in [1.29, 1.82) is 0 Å². The van der Waals surface area contributed by atoms with Gasteiger partial charge in [-0.1, -0.05) is 79.6 Å². The van der Waals surface area contributed by atoms with Gasteiger partial charge in [0.25, 0.3) is 29.5 Å². The lowest BCUT2D eigenvalue weighted by atomic mass is 10.1. The van der Waals surface area contributed by atoms with E-state index in [1.54, 1.807) is 44.4 Å². The summed E-state index contributed by atoms with van der Waals surface area (Å²) < 4.78 is 33.1. The molecule has 1 atom stereocenters. The molecule has 10 aromatic rings. The van der Waals surface area contributed by atoms with Crippen LogP contribution in [0.2, 0.25) is 0 Å². The number of hydroxylamine groups is 5. The van der Waals surface area contributed by atoms with Crippen molar-refractivity contribution >= 4 is 166 Å². The van der Waals surface area contributed by atoms with Crippen LogP contribution in [0.15, 0.2) is 206 Å². The molecule has 592 valence electrons. The maximum absolute atomic E-state index is 13.9. The van der Waals surface area contributed by atoms with Crippen LogP contribution >= 0.6 is 79.6 Å². The van der Waals surface area contributed by atoms with E-state index in [0.29, 0.717) is 65.5 Å². The molecule has 0 bridgehead atoms. The Morgan fingerprint density at radius 1 is 0.411 bits per heavy atom. The lowest BCUT2D eigenvalue weighted by molar-refractivity contribution is -0.604. The number of nitrogens with one attached hydrogen (secondary N) is 10. The number of nitrogens with zero attached hydrogens (tertiary/aromatic N) is 5. The van der Waals surface area contributed by atoms with Gasteiger partial charge in [-0.3, -0.25) is 63.1 Å². The number of aliphatic hydroxyl groups excluding tert-OH is 4. The Balaban J connectivity index is 0.000000218. The third-order valence-electron chi connectivity index (χ3n) is 14.3. The molecule has 5 aromatic carbocycles. The number of carbonyl (C=O) groups is 5. The van der Waals surface area contributed by atoms with Gasteiger partial charge in [0.15, 0.2) is 12.4 Å². The van der Waals surface area contributed by atoms with E-state index in [0.717, 1.165) is 47.2 Å². The van der Waals surface area contributed by atoms with Crippen LogP contribution in [0.5, 0.6) is 0 Å². The molecule has 10 rings (SSSR count). The van der Waals surface area contributed by atoms with Gasteiger partial charge in [-0.25, -0.2) is 36.2 Å². The molecule has 0 radical (unpaired) electrons. The normalized spacial score (nSPS) is 10.6. The lowest BCUT2D eigenvalue weighted by Crippen LogP contribution is -2.30. The Hall–Kier alpha value is -10.3. The standard InChI is InChI=1S/C15H15BrFN3O4.C15H16BrN3O4.C15H16BrN3O3.C15H16BrN3O2.C14H13BrFN3O3/c16-9-1-2-13(12(17)5-9)19-14-6-18-4-3-11(14)15(23)20-24-8-10(22)7-21;1-10-8-11(16)2-3-13(10)17-14-9-19(22)5-4-12(14)15(21)18-23-7-6-20;1-3-22-18-15(20)12-6-7-19(21)9-14(12)17-13-5-4-11(16)8-10(13)2;1-3-21-19-15(20)12-6-7-17-9-14(12)18-13-5-4-11(16)8-10(13)2;15-9-1-2-12(11(16)7-9)18-13-8-17-4-3-10(13)14(21)19-22-6-5-20/h1-6,10,19,21-22H,7-8H2,(H,20,23);2-5,8-9,17,20H,6-7H2,1H3,(H,18,21);4-9,17H,3H2,1-2H3,(H,18,20);4-9,18H,3H2,1-2H3,(H,19,20);1-4,7-8,18,20H,5-6H2,(H,19,21). The Labute approximate surface area is 682 Å². The smallest absolute Gasteiger partial charge is 0.277 e. The van der Waals surface area contributed by atoms with Crippen molar-refractivity contribution in [3.8, 4) is 0 Å². The van der Waals surface area contributed by atoms with Crippen LogP contribution in [0.25, 0.3) is 0 Å². The maximum Gasteiger partial charge on any atom is 0.277 e. The van der Waals surface area contributed by atoms with Crippen molar-refractivity contribution in [2.75, 3.05) is 79.4 Å². The number of aryl methyl sites for hydroxylation is 3. The summed E-state index contributed by atoms with van der Waals surface area (Å²) in [4.78, 5) is 96.4. The highest BCUT2D eigenvalue weighted by Crippen LogP contribution is 2.31. The molecule has 5 heterocycles. The second kappa shape index (κ2) is 47.8. The highest BCUT2D eigenvalue weighted by molar-refractivity contribution is 9.11. The molecule has 14 N–H and O–H groups in total. The quantitative estimate of drug-likeness (QED) is 0.00896. The van der Waals surface area contributed by atoms with Gasteiger partial charge >= 0.3 is 0 Å². The molecule has 0 saturated heterocycles. The average molecular weight is 1870 g/mol. The number of amides is 5. The first-order valence-corrected chi connectivity index (χ1v) is 37.2. The van der Waals surface area contributed by atoms with Crippen LogP contribution < -0.4 is 63.4 Å². The first kappa shape index (κ1) is 90.6. The SMILES string of the molecule is CCONC(=O)c1cc[n+]([O-])cc1Nc1ccc(Br)cc1C.CCONC(=O)c1ccncc1Nc1ccc(Br)cc1C.Cc1cc(Br)ccc1Nc1c[n+]([O-])ccc1C(=O)NOCCO.O=C(NOCC(O)CO)c1ccncc1Nc1ccc(Br)cc1F.O=C(NOCCO)c1ccncc1Nc1ccc(Br)cc1F. The van der Waals surface area contributed by atoms with Crippen molar-refractivity contribution in [3.63, 3.8) is 0 Å². The molecule has 0 spiro atoms. The number of anilines is 10. The molecule has 1 unspecified atom stereocenters. The summed E-state index contributed by atoms with van der Waals surface area (Å²) in [7, 11) is 0. The van der Waals surface area contributed by atoms with Crippen molar-refractivity contribution in [2.45, 2.75) is 40.7 Å². The highest BCUT2D eigenvalue weighted by atomic mass is 79.9. The molecule has 0 aliphatic carbocycles. The first-order valence-electron chi connectivity index (χ1n) is 33.2. The monoisotopic (exact) mass is 1860 g/mol. The fourth-order valence-electron chi connectivity index (χ4n) is 8.97. The second-order valence-electron chi connectivity index (χ2n) is 22.6. The summed E-state index contributed by atoms with van der Waals surface area (Å²) in [6, 6.07) is 33.5. The minimum Gasteiger partial charge on any atom is -0.619 e. The molecular formula is C74H76Br5F2N15O16. The number of rotatable bonds is 29. The average Bonchev–Trinajstić information content (AvgIpc) is 0.856. The number of hydrogen-bond donors (Lipinski definition) is 14. The number of hydrogen-bond acceptors (Lipinski definition) is 24. The Morgan fingerprint density at radius 2 is 0.696 bits per heavy atom. The van der Waals surface area contributed by atoms with Crippen LogP contribution in [-0.4, -0.2) is 124 Å². The molecule has 5 amide bonds. The van der Waals surface area contributed by atoms with E-state index in [1.165, 1.54) is 98.1 Å². The fraction of sp³-hybridized carbons (Fsp3) is 0.189. The second-order valence-corrected chi connectivity index (χ2v) is 27.2. The first-order chi connectivity index (χ1) is 53.7. The number of carbonyl (C=O) groups excluding carboxylic acids is 5. The number of aromatic nitrogens is 5. The van der Waals surface area contributed by atoms with Gasteiger partial charge in [-0.2, -0.15) is 9.46 Å². The summed E-state index contributed by atoms with van der Waals surface area (Å²) in [6.07, 6.45) is 12.8. The predicted molar refractivity (Wildman–Crippen MR) is 430 cm³/mol. The van der Waals surface area contributed by atoms with Crippen LogP contribution in [0, 0.1) is 42.8 Å². The van der Waals surface area contributed by atoms with Crippen molar-refractivity contribution in [3.05, 3.63) is 272 Å². The van der Waals surface area contributed by atoms with Crippen LogP contribution in [0.1, 0.15) is 82.3 Å². The van der Waals surface area contributed by atoms with Crippen molar-refractivity contribution in [1.82, 2.24) is 42.4 Å². The molecule has 0 saturated carbocycles. The molecule has 0 aliphatic heterocycles. The van der Waals surface area contributed by atoms with E-state index in [2.05, 4.69) is 149 Å². The maximum atomic E-state index is 13.9. The van der Waals surface area contributed by atoms with E-state index < -0.39 is 48.0 Å². The van der Waals surface area contributed by atoms with Crippen LogP contribution in [0.4, 0.5) is 65.7 Å². The zero-order chi connectivity index (χ0) is 81.7. The van der Waals surface area contributed by atoms with Gasteiger partial charge in [0.05, 0.1) is 121 Å². The molecule has 5 aromatic heterocycles. The number of benzene rings is 5. The molecule has 0 aliphatic rings. The topological polar surface area (TPSA) is 425 Å². The molecular weight excluding hydrogens is 1790 g/mol. The van der Waals surface area contributed by atoms with E-state index >= 15 is 0 Å². The van der Waals surface area contributed by atoms with Gasteiger partial charge in [0.1, 0.15) is 35.7 Å². The zero-order valence-electron chi connectivity index (χ0n) is 60.1. The van der Waals surface area contributed by atoms with Crippen molar-refractivity contribution in [2.24, 2.45) is 0 Å². The van der Waals surface area contributed by atoms with Gasteiger partial charge in [0, 0.05) is 70.1 Å². The van der Waals surface area contributed by atoms with Gasteiger partial charge < -0.3 is 57.4 Å². The van der Waals surface area contributed by atoms with Crippen LogP contribution in [0.3, 0.4) is 0 Å². The van der Waals surface area contributed by atoms with Crippen LogP contribution in [-0.2, 0) is 24.2 Å². The van der Waals surface area contributed by atoms with Gasteiger partial charge in [-0.15, -0.1) is 0 Å². The largest absolute Gasteiger partial charge is 0.619 e. The third kappa shape index (κ3) is 30.1. The Kier molecular flexibility index (Phi) is 38.7. The number of pyridine rings is 5. The Bertz CT molecular complexity index is 4800. The molecule has 112 heavy (non-hydrogen) atoms. The number of halogens is 7. The minimum atomic E-state index is -1.10. The summed E-state index contributed by atoms with van der Waals surface area (Å²) >= 11 is 16.5. The summed E-state index contributed by atoms with van der Waals surface area (Å²) in [6.45, 7) is 8.94. The fourth-order valence-corrected chi connectivity index (χ4v) is 11.1. The van der Waals surface area contributed by atoms with Gasteiger partial charge in [0.2, 0.25) is 12.4 Å². The van der Waals surface area contributed by atoms with E-state index in [4.69, 9.17) is 44.6 Å². The predicted octanol–water partition coefficient (Wildman–Crippen LogP) is 12.3. The Morgan fingerprint density at radius 3 is 1.00 bits per heavy atom. The molecule has 38 heteroatoms. The number of aliphatic hydroxyl groups is 4. The van der Waals surface area contributed by atoms with E-state index in [-0.39, 0.29) is 72.7 Å². The molecule has 0 fully saturated rings. The summed E-state index contributed by atoms with van der Waals surface area (Å²) in [5.41, 5.74) is 20.5. The van der Waals surface area contributed by atoms with E-state index in [9.17, 15) is 43.2 Å². The minimum absolute atomic E-state index is 0.0191. The molecule has 31 nitrogen and oxygen atoms in total. The summed E-state index contributed by atoms with van der Waals surface area (Å²) in [5.74, 6) is -3.35.